The van der Waals surface area contributed by atoms with Gasteiger partial charge in [-0.15, -0.1) is 5.10 Å². The Morgan fingerprint density at radius 1 is 1.43 bits per heavy atom. The molecule has 1 aliphatic rings. The Labute approximate surface area is 128 Å². The maximum atomic E-state index is 5.47. The fraction of sp³-hybridized carbons (Fsp3) is 0.867. The highest BCUT2D eigenvalue weighted by molar-refractivity contribution is 4.95. The van der Waals surface area contributed by atoms with Crippen LogP contribution in [0, 0.1) is 0 Å². The number of nitrogens with zero attached hydrogens (tertiary/aromatic N) is 5. The van der Waals surface area contributed by atoms with E-state index in [0.29, 0.717) is 12.1 Å². The minimum atomic E-state index is -0.0127. The Morgan fingerprint density at radius 3 is 2.67 bits per heavy atom. The highest BCUT2D eigenvalue weighted by Crippen LogP contribution is 2.19. The first-order chi connectivity index (χ1) is 9.79. The molecule has 0 amide bonds. The molecule has 0 spiro atoms. The Balaban J connectivity index is 1.87. The largest absolute Gasteiger partial charge is 0.380 e. The molecule has 0 N–H and O–H groups in total. The summed E-state index contributed by atoms with van der Waals surface area (Å²) in [5.41, 5.74) is 1.01. The van der Waals surface area contributed by atoms with Crippen LogP contribution >= 0.6 is 0 Å². The fourth-order valence-corrected chi connectivity index (χ4v) is 2.81. The number of likely N-dealkylation sites (tertiary alicyclic amines) is 1. The second-order valence-corrected chi connectivity index (χ2v) is 7.21. The lowest BCUT2D eigenvalue weighted by Crippen LogP contribution is -2.36. The molecule has 0 saturated carbocycles. The van der Waals surface area contributed by atoms with Crippen LogP contribution in [0.2, 0.25) is 0 Å². The quantitative estimate of drug-likeness (QED) is 0.816. The van der Waals surface area contributed by atoms with E-state index in [2.05, 4.69) is 55.0 Å². The molecule has 2 heterocycles. The van der Waals surface area contributed by atoms with Crippen LogP contribution in [-0.4, -0.2) is 71.2 Å². The van der Waals surface area contributed by atoms with Crippen molar-refractivity contribution in [3.63, 3.8) is 0 Å². The third-order valence-corrected chi connectivity index (χ3v) is 4.17. The summed E-state index contributed by atoms with van der Waals surface area (Å²) in [6.45, 7) is 9.28. The monoisotopic (exact) mass is 295 g/mol. The van der Waals surface area contributed by atoms with Gasteiger partial charge < -0.3 is 4.74 Å². The molecule has 21 heavy (non-hydrogen) atoms. The topological polar surface area (TPSA) is 46.4 Å². The lowest BCUT2D eigenvalue weighted by atomic mass is 10.1. The predicted molar refractivity (Wildman–Crippen MR) is 83.2 cm³/mol. The molecule has 6 heteroatoms. The van der Waals surface area contributed by atoms with Gasteiger partial charge in [-0.25, -0.2) is 4.68 Å². The lowest BCUT2D eigenvalue weighted by molar-refractivity contribution is 0.111. The molecule has 1 aromatic rings. The Hall–Kier alpha value is -0.980. The average Bonchev–Trinajstić information content (AvgIpc) is 2.96. The molecule has 0 aromatic carbocycles. The molecule has 6 nitrogen and oxygen atoms in total. The van der Waals surface area contributed by atoms with Crippen molar-refractivity contribution in [1.29, 1.82) is 0 Å². The van der Waals surface area contributed by atoms with Gasteiger partial charge in [-0.3, -0.25) is 9.80 Å². The Morgan fingerprint density at radius 2 is 2.14 bits per heavy atom. The number of hydrogen-bond acceptors (Lipinski definition) is 5. The Bertz CT molecular complexity index is 453. The number of hydrogen-bond donors (Lipinski definition) is 0. The van der Waals surface area contributed by atoms with Gasteiger partial charge >= 0.3 is 0 Å². The van der Waals surface area contributed by atoms with Gasteiger partial charge in [0.15, 0.2) is 0 Å². The molecular formula is C15H29N5O. The molecule has 2 rings (SSSR count). The van der Waals surface area contributed by atoms with Gasteiger partial charge in [-0.2, -0.15) is 0 Å². The van der Waals surface area contributed by atoms with Crippen LogP contribution in [0.4, 0.5) is 0 Å². The lowest BCUT2D eigenvalue weighted by Gasteiger charge is -2.24. The van der Waals surface area contributed by atoms with E-state index in [1.807, 2.05) is 10.9 Å². The molecule has 1 saturated heterocycles. The summed E-state index contributed by atoms with van der Waals surface area (Å²) in [5.74, 6) is 0. The number of likely N-dealkylation sites (N-methyl/N-ethyl adjacent to an activating group) is 2. The normalized spacial score (nSPS) is 24.1. The molecule has 2 atom stereocenters. The molecule has 1 aromatic heterocycles. The van der Waals surface area contributed by atoms with Crippen LogP contribution < -0.4 is 0 Å². The highest BCUT2D eigenvalue weighted by atomic mass is 16.5. The van der Waals surface area contributed by atoms with E-state index in [1.165, 1.54) is 0 Å². The number of methoxy groups -OCH3 is 1. The van der Waals surface area contributed by atoms with Gasteiger partial charge in [0.2, 0.25) is 0 Å². The smallest absolute Gasteiger partial charge is 0.0967 e. The zero-order chi connectivity index (χ0) is 15.6. The maximum Gasteiger partial charge on any atom is 0.0967 e. The number of rotatable bonds is 5. The van der Waals surface area contributed by atoms with Crippen molar-refractivity contribution in [2.45, 2.75) is 51.4 Å². The van der Waals surface area contributed by atoms with Crippen LogP contribution in [0.1, 0.15) is 32.9 Å². The van der Waals surface area contributed by atoms with Crippen LogP contribution in [0.25, 0.3) is 0 Å². The first-order valence-corrected chi connectivity index (χ1v) is 7.63. The van der Waals surface area contributed by atoms with Crippen LogP contribution in [-0.2, 0) is 16.8 Å². The zero-order valence-corrected chi connectivity index (χ0v) is 14.2. The molecule has 0 bridgehead atoms. The van der Waals surface area contributed by atoms with Crippen molar-refractivity contribution in [3.05, 3.63) is 11.9 Å². The summed E-state index contributed by atoms with van der Waals surface area (Å²) in [6.07, 6.45) is 3.52. The predicted octanol–water partition coefficient (Wildman–Crippen LogP) is 1.18. The van der Waals surface area contributed by atoms with Crippen molar-refractivity contribution < 1.29 is 4.74 Å². The Kier molecular flexibility index (Phi) is 5.01. The standard InChI is InChI=1S/C15H29N5O/c1-15(2,3)20-9-12(16-17-20)8-18(4)10-13-7-14(21-6)11-19(13)5/h9,13-14H,7-8,10-11H2,1-6H3/t13-,14-/m0/s1. The number of aromatic nitrogens is 3. The zero-order valence-electron chi connectivity index (χ0n) is 14.2. The minimum absolute atomic E-state index is 0.0127. The molecule has 0 radical (unpaired) electrons. The third kappa shape index (κ3) is 4.25. The van der Waals surface area contributed by atoms with Gasteiger partial charge in [0.1, 0.15) is 0 Å². The van der Waals surface area contributed by atoms with Crippen LogP contribution in [0.3, 0.4) is 0 Å². The van der Waals surface area contributed by atoms with Gasteiger partial charge in [-0.1, -0.05) is 5.21 Å². The first-order valence-electron chi connectivity index (χ1n) is 7.63. The van der Waals surface area contributed by atoms with Crippen molar-refractivity contribution in [2.75, 3.05) is 34.3 Å². The van der Waals surface area contributed by atoms with Gasteiger partial charge in [0.25, 0.3) is 0 Å². The minimum Gasteiger partial charge on any atom is -0.380 e. The van der Waals surface area contributed by atoms with Crippen molar-refractivity contribution in [2.24, 2.45) is 0 Å². The van der Waals surface area contributed by atoms with Crippen molar-refractivity contribution >= 4 is 0 Å². The van der Waals surface area contributed by atoms with E-state index in [-0.39, 0.29) is 5.54 Å². The summed E-state index contributed by atoms with van der Waals surface area (Å²) >= 11 is 0. The van der Waals surface area contributed by atoms with Gasteiger partial charge in [0.05, 0.1) is 23.5 Å². The van der Waals surface area contributed by atoms with Gasteiger partial charge in [0, 0.05) is 32.8 Å². The van der Waals surface area contributed by atoms with Crippen molar-refractivity contribution in [1.82, 2.24) is 24.8 Å². The second kappa shape index (κ2) is 6.42. The summed E-state index contributed by atoms with van der Waals surface area (Å²) in [6, 6.07) is 0.553. The van der Waals surface area contributed by atoms with Gasteiger partial charge in [-0.05, 0) is 41.3 Å². The third-order valence-electron chi connectivity index (χ3n) is 4.17. The van der Waals surface area contributed by atoms with E-state index in [4.69, 9.17) is 4.74 Å². The summed E-state index contributed by atoms with van der Waals surface area (Å²) < 4.78 is 7.40. The SMILES string of the molecule is CO[C@H]1C[C@@H](CN(C)Cc2cn(C(C)(C)C)nn2)N(C)C1. The van der Waals surface area contributed by atoms with Crippen molar-refractivity contribution in [3.8, 4) is 0 Å². The van der Waals surface area contributed by atoms with E-state index in [9.17, 15) is 0 Å². The molecule has 1 aliphatic heterocycles. The summed E-state index contributed by atoms with van der Waals surface area (Å²) in [5, 5.41) is 8.50. The molecule has 0 unspecified atom stereocenters. The second-order valence-electron chi connectivity index (χ2n) is 7.21. The van der Waals surface area contributed by atoms with E-state index >= 15 is 0 Å². The molecule has 0 aliphatic carbocycles. The maximum absolute atomic E-state index is 5.47. The molecule has 120 valence electrons. The molecule has 1 fully saturated rings. The van der Waals surface area contributed by atoms with Crippen LogP contribution in [0.15, 0.2) is 6.20 Å². The van der Waals surface area contributed by atoms with E-state index < -0.39 is 0 Å². The average molecular weight is 295 g/mol. The summed E-state index contributed by atoms with van der Waals surface area (Å²) in [7, 11) is 6.12. The van der Waals surface area contributed by atoms with E-state index in [1.54, 1.807) is 7.11 Å². The first kappa shape index (κ1) is 16.4. The summed E-state index contributed by atoms with van der Waals surface area (Å²) in [4.78, 5) is 4.70. The number of ether oxygens (including phenoxy) is 1. The fourth-order valence-electron chi connectivity index (χ4n) is 2.81. The van der Waals surface area contributed by atoms with E-state index in [0.717, 1.165) is 31.7 Å². The molecular weight excluding hydrogens is 266 g/mol. The highest BCUT2D eigenvalue weighted by Gasteiger charge is 2.30. The van der Waals surface area contributed by atoms with Crippen LogP contribution in [0.5, 0.6) is 0 Å².